The molecule has 0 atom stereocenters. The average molecular weight is 469 g/mol. The van der Waals surface area contributed by atoms with E-state index in [1.807, 2.05) is 35.3 Å². The van der Waals surface area contributed by atoms with Crippen molar-refractivity contribution in [2.45, 2.75) is 32.9 Å². The van der Waals surface area contributed by atoms with Gasteiger partial charge in [-0.05, 0) is 31.7 Å². The molecule has 142 valence electrons. The molecule has 2 N–H and O–H groups in total. The molecule has 0 spiro atoms. The van der Waals surface area contributed by atoms with Crippen LogP contribution in [0.25, 0.3) is 0 Å². The highest BCUT2D eigenvalue weighted by Crippen LogP contribution is 2.30. The van der Waals surface area contributed by atoms with Gasteiger partial charge in [0.2, 0.25) is 0 Å². The molecule has 6 nitrogen and oxygen atoms in total. The van der Waals surface area contributed by atoms with Gasteiger partial charge in [0.25, 0.3) is 0 Å². The fraction of sp³-hybridized carbons (Fsp3) is 0.474. The van der Waals surface area contributed by atoms with Crippen LogP contribution in [-0.2, 0) is 13.1 Å². The minimum atomic E-state index is 0. The minimum Gasteiger partial charge on any atom is -0.493 e. The number of guanidine groups is 1. The van der Waals surface area contributed by atoms with Gasteiger partial charge >= 0.3 is 0 Å². The summed E-state index contributed by atoms with van der Waals surface area (Å²) in [4.78, 5) is 8.75. The van der Waals surface area contributed by atoms with Gasteiger partial charge in [-0.3, -0.25) is 0 Å². The Bertz CT molecular complexity index is 670. The zero-order valence-electron chi connectivity index (χ0n) is 15.2. The van der Waals surface area contributed by atoms with Crippen LogP contribution in [0.2, 0.25) is 0 Å². The van der Waals surface area contributed by atoms with Crippen LogP contribution in [0.15, 0.2) is 48.0 Å². The highest BCUT2D eigenvalue weighted by atomic mass is 127. The van der Waals surface area contributed by atoms with Crippen LogP contribution in [0.1, 0.15) is 25.3 Å². The molecule has 3 rings (SSSR count). The lowest BCUT2D eigenvalue weighted by atomic mass is 10.2. The lowest BCUT2D eigenvalue weighted by molar-refractivity contribution is 0.297. The number of nitrogens with zero attached hydrogens (tertiary/aromatic N) is 3. The highest BCUT2D eigenvalue weighted by Gasteiger charge is 2.22. The summed E-state index contributed by atoms with van der Waals surface area (Å²) in [5.41, 5.74) is 1.12. The first-order chi connectivity index (χ1) is 12.3. The average Bonchev–Trinajstić information content (AvgIpc) is 3.32. The Hall–Kier alpha value is -1.77. The lowest BCUT2D eigenvalue weighted by Crippen LogP contribution is -2.38. The van der Waals surface area contributed by atoms with E-state index in [0.717, 1.165) is 49.4 Å². The molecule has 0 aliphatic heterocycles. The number of aliphatic imine (C=N–C) groups is 1. The lowest BCUT2D eigenvalue weighted by Gasteiger charge is -2.13. The number of hydrogen-bond donors (Lipinski definition) is 2. The number of imidazole rings is 1. The zero-order chi connectivity index (χ0) is 17.3. The fourth-order valence-electron chi connectivity index (χ4n) is 2.50. The number of halogens is 1. The highest BCUT2D eigenvalue weighted by molar-refractivity contribution is 14.0. The molecule has 7 heteroatoms. The summed E-state index contributed by atoms with van der Waals surface area (Å²) in [7, 11) is 0. The standard InChI is InChI=1S/C19H27N5O.HI/c1-2-21-19(22-10-12-24-11-9-20-15-24)23-13-17-5-3-4-6-18(17)25-14-16-7-8-16;/h3-6,9,11,15-16H,2,7-8,10,12-14H2,1H3,(H2,21,22,23);1H. The van der Waals surface area contributed by atoms with Crippen LogP contribution in [0.3, 0.4) is 0 Å². The monoisotopic (exact) mass is 469 g/mol. The molecule has 0 saturated heterocycles. The molecule has 1 saturated carbocycles. The molecule has 0 bridgehead atoms. The number of aromatic nitrogens is 2. The second-order valence-corrected chi connectivity index (χ2v) is 6.28. The van der Waals surface area contributed by atoms with E-state index in [0.29, 0.717) is 6.54 Å². The summed E-state index contributed by atoms with van der Waals surface area (Å²) in [6, 6.07) is 8.17. The second-order valence-electron chi connectivity index (χ2n) is 6.28. The molecular formula is C19H28IN5O. The van der Waals surface area contributed by atoms with Gasteiger partial charge < -0.3 is 19.9 Å². The number of ether oxygens (including phenoxy) is 1. The summed E-state index contributed by atoms with van der Waals surface area (Å²) >= 11 is 0. The van der Waals surface area contributed by atoms with E-state index in [1.54, 1.807) is 6.20 Å². The van der Waals surface area contributed by atoms with Crippen molar-refractivity contribution < 1.29 is 4.74 Å². The number of para-hydroxylation sites is 1. The minimum absolute atomic E-state index is 0. The molecular weight excluding hydrogens is 441 g/mol. The molecule has 0 amide bonds. The van der Waals surface area contributed by atoms with Crippen LogP contribution in [0, 0.1) is 5.92 Å². The third-order valence-corrected chi connectivity index (χ3v) is 4.12. The molecule has 1 aliphatic rings. The predicted molar refractivity (Wildman–Crippen MR) is 115 cm³/mol. The molecule has 1 aromatic carbocycles. The van der Waals surface area contributed by atoms with E-state index in [4.69, 9.17) is 9.73 Å². The van der Waals surface area contributed by atoms with E-state index in [2.05, 4.69) is 28.6 Å². The van der Waals surface area contributed by atoms with Gasteiger partial charge in [0.15, 0.2) is 5.96 Å². The first-order valence-corrected chi connectivity index (χ1v) is 9.03. The normalized spacial score (nSPS) is 13.8. The Kier molecular flexibility index (Phi) is 8.73. The van der Waals surface area contributed by atoms with E-state index < -0.39 is 0 Å². The van der Waals surface area contributed by atoms with Gasteiger partial charge in [0.05, 0.1) is 19.5 Å². The Labute approximate surface area is 172 Å². The number of rotatable bonds is 9. The topological polar surface area (TPSA) is 63.5 Å². The first kappa shape index (κ1) is 20.5. The Morgan fingerprint density at radius 3 is 2.88 bits per heavy atom. The van der Waals surface area contributed by atoms with Crippen molar-refractivity contribution in [3.8, 4) is 5.75 Å². The van der Waals surface area contributed by atoms with Crippen molar-refractivity contribution in [1.29, 1.82) is 0 Å². The summed E-state index contributed by atoms with van der Waals surface area (Å²) in [5.74, 6) is 2.52. The maximum Gasteiger partial charge on any atom is 0.191 e. The molecule has 0 unspecified atom stereocenters. The smallest absolute Gasteiger partial charge is 0.191 e. The Morgan fingerprint density at radius 1 is 1.31 bits per heavy atom. The molecule has 26 heavy (non-hydrogen) atoms. The largest absolute Gasteiger partial charge is 0.493 e. The van der Waals surface area contributed by atoms with E-state index in [1.165, 1.54) is 12.8 Å². The van der Waals surface area contributed by atoms with Crippen LogP contribution in [-0.4, -0.2) is 35.2 Å². The van der Waals surface area contributed by atoms with Gasteiger partial charge in [0.1, 0.15) is 5.75 Å². The third kappa shape index (κ3) is 6.86. The fourth-order valence-corrected chi connectivity index (χ4v) is 2.50. The Morgan fingerprint density at radius 2 is 2.15 bits per heavy atom. The molecule has 1 heterocycles. The maximum atomic E-state index is 5.96. The predicted octanol–water partition coefficient (Wildman–Crippen LogP) is 3.05. The van der Waals surface area contributed by atoms with Gasteiger partial charge in [-0.25, -0.2) is 9.98 Å². The summed E-state index contributed by atoms with van der Waals surface area (Å²) in [5, 5.41) is 6.64. The van der Waals surface area contributed by atoms with Crippen molar-refractivity contribution in [2.24, 2.45) is 10.9 Å². The first-order valence-electron chi connectivity index (χ1n) is 9.03. The quantitative estimate of drug-likeness (QED) is 0.337. The van der Waals surface area contributed by atoms with Crippen LogP contribution in [0.5, 0.6) is 5.75 Å². The van der Waals surface area contributed by atoms with Gasteiger partial charge in [-0.1, -0.05) is 18.2 Å². The van der Waals surface area contributed by atoms with Gasteiger partial charge in [-0.2, -0.15) is 0 Å². The zero-order valence-corrected chi connectivity index (χ0v) is 17.6. The molecule has 2 aromatic rings. The number of benzene rings is 1. The van der Waals surface area contributed by atoms with Crippen LogP contribution >= 0.6 is 24.0 Å². The van der Waals surface area contributed by atoms with Crippen molar-refractivity contribution in [3.63, 3.8) is 0 Å². The van der Waals surface area contributed by atoms with Crippen molar-refractivity contribution in [1.82, 2.24) is 20.2 Å². The molecule has 1 aliphatic carbocycles. The SMILES string of the molecule is CCNC(=NCc1ccccc1OCC1CC1)NCCn1ccnc1.I. The van der Waals surface area contributed by atoms with E-state index >= 15 is 0 Å². The third-order valence-electron chi connectivity index (χ3n) is 4.12. The maximum absolute atomic E-state index is 5.96. The van der Waals surface area contributed by atoms with Gasteiger partial charge in [0, 0.05) is 37.6 Å². The number of hydrogen-bond acceptors (Lipinski definition) is 3. The number of nitrogens with one attached hydrogen (secondary N) is 2. The van der Waals surface area contributed by atoms with Crippen molar-refractivity contribution in [2.75, 3.05) is 19.7 Å². The molecule has 0 radical (unpaired) electrons. The van der Waals surface area contributed by atoms with Crippen LogP contribution < -0.4 is 15.4 Å². The van der Waals surface area contributed by atoms with E-state index in [-0.39, 0.29) is 24.0 Å². The Balaban J connectivity index is 0.00000243. The summed E-state index contributed by atoms with van der Waals surface area (Å²) < 4.78 is 8.00. The summed E-state index contributed by atoms with van der Waals surface area (Å²) in [6.07, 6.45) is 8.16. The molecule has 1 fully saturated rings. The van der Waals surface area contributed by atoms with E-state index in [9.17, 15) is 0 Å². The molecule has 1 aromatic heterocycles. The van der Waals surface area contributed by atoms with Crippen LogP contribution in [0.4, 0.5) is 0 Å². The van der Waals surface area contributed by atoms with Gasteiger partial charge in [-0.15, -0.1) is 24.0 Å². The summed E-state index contributed by atoms with van der Waals surface area (Å²) in [6.45, 7) is 5.97. The van der Waals surface area contributed by atoms with Crippen molar-refractivity contribution in [3.05, 3.63) is 48.5 Å². The second kappa shape index (κ2) is 11.1. The van der Waals surface area contributed by atoms with Crippen molar-refractivity contribution >= 4 is 29.9 Å².